The lowest BCUT2D eigenvalue weighted by atomic mass is 9.93. The van der Waals surface area contributed by atoms with E-state index >= 15 is 0 Å². The maximum Gasteiger partial charge on any atom is 0.336 e. The van der Waals surface area contributed by atoms with Crippen molar-refractivity contribution in [2.75, 3.05) is 14.2 Å². The minimum absolute atomic E-state index is 0.165. The topological polar surface area (TPSA) is 65.0 Å². The number of benzene rings is 1. The van der Waals surface area contributed by atoms with Gasteiger partial charge in [-0.05, 0) is 23.0 Å². The van der Waals surface area contributed by atoms with Crippen LogP contribution in [-0.2, 0) is 19.1 Å². The molecule has 8 heteroatoms. The first-order valence-corrected chi connectivity index (χ1v) is 15.6. The molecule has 0 spiro atoms. The summed E-state index contributed by atoms with van der Waals surface area (Å²) in [6.45, 7) is 14.3. The van der Waals surface area contributed by atoms with Gasteiger partial charge in [-0.3, -0.25) is 4.63 Å². The molecular weight excluding hydrogens is 422 g/mol. The molecule has 160 valence electrons. The van der Waals surface area contributed by atoms with Crippen molar-refractivity contribution < 1.29 is 19.1 Å². The summed E-state index contributed by atoms with van der Waals surface area (Å²) in [5.41, 5.74) is 2.94. The van der Waals surface area contributed by atoms with Crippen molar-refractivity contribution in [3.05, 3.63) is 39.7 Å². The molecule has 0 radical (unpaired) electrons. The van der Waals surface area contributed by atoms with Crippen LogP contribution in [0, 0.1) is 0 Å². The Labute approximate surface area is 181 Å². The molecule has 1 rings (SSSR count). The highest BCUT2D eigenvalue weighted by atomic mass is 35.6. The molecule has 0 heterocycles. The van der Waals surface area contributed by atoms with Gasteiger partial charge in [-0.25, -0.2) is 9.59 Å². The van der Waals surface area contributed by atoms with Crippen LogP contribution in [0.25, 0.3) is 0 Å². The van der Waals surface area contributed by atoms with Crippen LogP contribution in [0.4, 0.5) is 5.69 Å². The second-order valence-electron chi connectivity index (χ2n) is 8.48. The van der Waals surface area contributed by atoms with Crippen LogP contribution in [0.5, 0.6) is 0 Å². The largest absolute Gasteiger partial charge is 0.466 e. The average molecular weight is 454 g/mol. The smallest absolute Gasteiger partial charge is 0.336 e. The lowest BCUT2D eigenvalue weighted by Crippen LogP contribution is -2.35. The molecule has 0 aliphatic carbocycles. The summed E-state index contributed by atoms with van der Waals surface area (Å²) in [7, 11) is -1.99. The molecule has 0 aromatic heterocycles. The fourth-order valence-corrected chi connectivity index (χ4v) is 8.27. The lowest BCUT2D eigenvalue weighted by molar-refractivity contribution is -0.138. The molecule has 1 aromatic carbocycles. The van der Waals surface area contributed by atoms with Crippen LogP contribution in [0.3, 0.4) is 0 Å². The molecule has 0 aliphatic rings. The van der Waals surface area contributed by atoms with Gasteiger partial charge in [0.2, 0.25) is 0 Å². The number of rotatable bonds is 7. The maximum atomic E-state index is 12.7. The summed E-state index contributed by atoms with van der Waals surface area (Å²) in [5.74, 6) is -0.680. The van der Waals surface area contributed by atoms with E-state index in [-0.39, 0.29) is 17.0 Å². The number of hydrogen-bond donors (Lipinski definition) is 0. The van der Waals surface area contributed by atoms with Crippen LogP contribution in [0.2, 0.25) is 19.6 Å². The van der Waals surface area contributed by atoms with Gasteiger partial charge < -0.3 is 9.47 Å². The molecule has 0 bridgehead atoms. The Morgan fingerprint density at radius 2 is 1.41 bits per heavy atom. The summed E-state index contributed by atoms with van der Waals surface area (Å²) in [4.78, 5) is 25.3. The van der Waals surface area contributed by atoms with E-state index in [4.69, 9.17) is 25.2 Å². The molecule has 0 amide bonds. The molecule has 0 unspecified atom stereocenters. The Kier molecular flexibility index (Phi) is 9.18. The molecular formula is C21H32ClNO4Si2. The molecule has 1 aromatic rings. The predicted octanol–water partition coefficient (Wildman–Crippen LogP) is 5.62. The highest BCUT2D eigenvalue weighted by molar-refractivity contribution is 7.07. The SMILES string of the molecule is COC(=O)/C(=C(\C(=O)OC)[Si](C)(C)C)[Si](Cl)=Nc1c(C(C)C)cccc1C(C)C. The van der Waals surface area contributed by atoms with Crippen LogP contribution in [-0.4, -0.2) is 42.1 Å². The van der Waals surface area contributed by atoms with Crippen LogP contribution >= 0.6 is 11.1 Å². The highest BCUT2D eigenvalue weighted by Crippen LogP contribution is 2.36. The van der Waals surface area contributed by atoms with Gasteiger partial charge in [-0.1, -0.05) is 65.5 Å². The number of hydrogen-bond acceptors (Lipinski definition) is 5. The summed E-state index contributed by atoms with van der Waals surface area (Å²) < 4.78 is 14.8. The molecule has 0 saturated heterocycles. The number of ether oxygens (including phenoxy) is 2. The third-order valence-corrected chi connectivity index (χ3v) is 8.85. The zero-order chi connectivity index (χ0) is 22.5. The first-order valence-electron chi connectivity index (χ1n) is 9.65. The van der Waals surface area contributed by atoms with E-state index in [0.717, 1.165) is 16.8 Å². The molecule has 0 saturated carbocycles. The zero-order valence-corrected chi connectivity index (χ0v) is 21.6. The predicted molar refractivity (Wildman–Crippen MR) is 123 cm³/mol. The molecule has 0 N–H and O–H groups in total. The Morgan fingerprint density at radius 3 is 1.76 bits per heavy atom. The number of nitrogens with zero attached hydrogens (tertiary/aromatic N) is 1. The van der Waals surface area contributed by atoms with Gasteiger partial charge in [-0.2, -0.15) is 0 Å². The summed E-state index contributed by atoms with van der Waals surface area (Å²) in [5, 5.41) is 0.506. The number of carbonyl (C=O) groups excluding carboxylic acids is 2. The number of methoxy groups -OCH3 is 2. The van der Waals surface area contributed by atoms with Crippen molar-refractivity contribution >= 4 is 44.7 Å². The first-order chi connectivity index (χ1) is 13.4. The van der Waals surface area contributed by atoms with Gasteiger partial charge >= 0.3 is 11.9 Å². The molecule has 5 nitrogen and oxygen atoms in total. The fraction of sp³-hybridized carbons (Fsp3) is 0.524. The second kappa shape index (κ2) is 10.5. The Balaban J connectivity index is 3.93. The van der Waals surface area contributed by atoms with Crippen molar-refractivity contribution in [1.82, 2.24) is 0 Å². The Morgan fingerprint density at radius 1 is 0.966 bits per heavy atom. The molecule has 0 atom stereocenters. The van der Waals surface area contributed by atoms with E-state index in [2.05, 4.69) is 27.7 Å². The molecule has 29 heavy (non-hydrogen) atoms. The summed E-state index contributed by atoms with van der Waals surface area (Å²) >= 11 is 6.80. The second-order valence-corrected chi connectivity index (χ2v) is 15.9. The van der Waals surface area contributed by atoms with Crippen LogP contribution in [0.1, 0.15) is 50.7 Å². The van der Waals surface area contributed by atoms with E-state index in [1.54, 1.807) is 0 Å². The van der Waals surface area contributed by atoms with Gasteiger partial charge in [-0.15, -0.1) is 11.1 Å². The number of carbonyl (C=O) groups is 2. The molecule has 0 fully saturated rings. The third kappa shape index (κ3) is 6.20. The highest BCUT2D eigenvalue weighted by Gasteiger charge is 2.36. The van der Waals surface area contributed by atoms with Crippen molar-refractivity contribution in [2.45, 2.75) is 59.2 Å². The van der Waals surface area contributed by atoms with E-state index in [9.17, 15) is 9.59 Å². The number of esters is 2. The zero-order valence-electron chi connectivity index (χ0n) is 18.8. The summed E-state index contributed by atoms with van der Waals surface area (Å²) in [6, 6.07) is 6.08. The standard InChI is InChI=1S/C21H32ClNO4Si2/c1-13(2)15-11-10-12-16(14(3)4)17(15)23-28(22)18(20(24)26-5)19(21(25)27-6)29(7,8)9/h10-14H,1-9H3/b19-18-,28-23?. The van der Waals surface area contributed by atoms with E-state index in [1.165, 1.54) is 14.2 Å². The van der Waals surface area contributed by atoms with Gasteiger partial charge in [0.25, 0.3) is 7.90 Å². The fourth-order valence-electron chi connectivity index (χ4n) is 3.07. The normalized spacial score (nSPS) is 13.4. The van der Waals surface area contributed by atoms with E-state index in [1.807, 2.05) is 37.8 Å². The van der Waals surface area contributed by atoms with E-state index in [0.29, 0.717) is 5.20 Å². The van der Waals surface area contributed by atoms with Crippen LogP contribution in [0.15, 0.2) is 33.2 Å². The van der Waals surface area contributed by atoms with Gasteiger partial charge in [0.15, 0.2) is 0 Å². The van der Waals surface area contributed by atoms with Crippen molar-refractivity contribution in [3.8, 4) is 0 Å². The lowest BCUT2D eigenvalue weighted by Gasteiger charge is -2.22. The third-order valence-electron chi connectivity index (χ3n) is 4.54. The van der Waals surface area contributed by atoms with Crippen molar-refractivity contribution in [2.24, 2.45) is 4.63 Å². The minimum atomic E-state index is -2.30. The van der Waals surface area contributed by atoms with Crippen LogP contribution < -0.4 is 0 Å². The number of halogens is 1. The maximum absolute atomic E-state index is 12.7. The van der Waals surface area contributed by atoms with Gasteiger partial charge in [0, 0.05) is 5.20 Å². The monoisotopic (exact) mass is 453 g/mol. The quantitative estimate of drug-likeness (QED) is 0.232. The van der Waals surface area contributed by atoms with Gasteiger partial charge in [0.05, 0.1) is 33.2 Å². The summed E-state index contributed by atoms with van der Waals surface area (Å²) in [6.07, 6.45) is 0. The van der Waals surface area contributed by atoms with Gasteiger partial charge in [0.1, 0.15) is 0 Å². The van der Waals surface area contributed by atoms with E-state index < -0.39 is 27.9 Å². The Bertz CT molecular complexity index is 813. The molecule has 0 aliphatic heterocycles. The van der Waals surface area contributed by atoms with Crippen molar-refractivity contribution in [3.63, 3.8) is 0 Å². The Hall–Kier alpha value is -1.58. The average Bonchev–Trinajstić information content (AvgIpc) is 2.63. The minimum Gasteiger partial charge on any atom is -0.466 e. The first kappa shape index (κ1) is 25.5. The van der Waals surface area contributed by atoms with Crippen molar-refractivity contribution in [1.29, 1.82) is 0 Å².